The fraction of sp³-hybridized carbons (Fsp3) is 0.400. The number of aromatic nitrogens is 1. The monoisotopic (exact) mass is 423 g/mol. The van der Waals surface area contributed by atoms with Gasteiger partial charge < -0.3 is 19.3 Å². The average Bonchev–Trinajstić information content (AvgIpc) is 2.72. The lowest BCUT2D eigenvalue weighted by molar-refractivity contribution is 0.0746. The molecule has 1 aliphatic heterocycles. The van der Waals surface area contributed by atoms with Crippen molar-refractivity contribution in [2.24, 2.45) is 0 Å². The van der Waals surface area contributed by atoms with Gasteiger partial charge in [-0.05, 0) is 30.7 Å². The number of nitrogens with zero attached hydrogens (tertiary/aromatic N) is 3. The Morgan fingerprint density at radius 2 is 1.93 bits per heavy atom. The van der Waals surface area contributed by atoms with Crippen LogP contribution in [0.4, 0.5) is 5.82 Å². The number of piperazine rings is 1. The maximum absolute atomic E-state index is 13.0. The molecule has 1 aliphatic rings. The summed E-state index contributed by atoms with van der Waals surface area (Å²) in [5.74, 6) is 1.72. The number of methoxy groups -OCH3 is 1. The van der Waals surface area contributed by atoms with Crippen LogP contribution >= 0.6 is 23.2 Å². The molecule has 3 rings (SSSR count). The molecule has 1 aromatic carbocycles. The molecule has 1 amide bonds. The topological polar surface area (TPSA) is 54.9 Å². The van der Waals surface area contributed by atoms with Crippen LogP contribution in [-0.2, 0) is 0 Å². The third-order valence-corrected chi connectivity index (χ3v) is 5.03. The first-order valence-corrected chi connectivity index (χ1v) is 9.95. The van der Waals surface area contributed by atoms with Crippen molar-refractivity contribution in [1.29, 1.82) is 0 Å². The maximum Gasteiger partial charge on any atom is 0.254 e. The van der Waals surface area contributed by atoms with Gasteiger partial charge >= 0.3 is 0 Å². The number of amides is 1. The van der Waals surface area contributed by atoms with Crippen LogP contribution in [0.2, 0.25) is 10.0 Å². The summed E-state index contributed by atoms with van der Waals surface area (Å²) >= 11 is 12.2. The van der Waals surface area contributed by atoms with Gasteiger partial charge in [0.1, 0.15) is 5.82 Å². The van der Waals surface area contributed by atoms with Crippen molar-refractivity contribution in [2.45, 2.75) is 13.3 Å². The smallest absolute Gasteiger partial charge is 0.254 e. The zero-order valence-electron chi connectivity index (χ0n) is 16.0. The highest BCUT2D eigenvalue weighted by Crippen LogP contribution is 2.37. The first-order chi connectivity index (χ1) is 13.5. The molecule has 8 heteroatoms. The summed E-state index contributed by atoms with van der Waals surface area (Å²) in [7, 11) is 1.54. The second-order valence-electron chi connectivity index (χ2n) is 6.45. The van der Waals surface area contributed by atoms with Crippen LogP contribution in [0.1, 0.15) is 23.7 Å². The van der Waals surface area contributed by atoms with E-state index in [1.807, 2.05) is 24.0 Å². The number of hydrogen-bond donors (Lipinski definition) is 0. The van der Waals surface area contributed by atoms with E-state index in [4.69, 9.17) is 32.7 Å². The second kappa shape index (κ2) is 9.34. The van der Waals surface area contributed by atoms with E-state index in [-0.39, 0.29) is 5.91 Å². The Kier molecular flexibility index (Phi) is 6.86. The van der Waals surface area contributed by atoms with Gasteiger partial charge in [0, 0.05) is 37.9 Å². The zero-order valence-corrected chi connectivity index (χ0v) is 17.5. The Balaban J connectivity index is 1.69. The van der Waals surface area contributed by atoms with Gasteiger partial charge in [0.15, 0.2) is 11.5 Å². The SMILES string of the molecule is CCCOc1c(Cl)cc(C(=O)N2CCN(c3ccc(Cl)cn3)CC2)cc1OC. The van der Waals surface area contributed by atoms with Crippen LogP contribution in [0, 0.1) is 0 Å². The molecule has 28 heavy (non-hydrogen) atoms. The van der Waals surface area contributed by atoms with E-state index in [1.54, 1.807) is 18.3 Å². The molecule has 1 saturated heterocycles. The first-order valence-electron chi connectivity index (χ1n) is 9.19. The van der Waals surface area contributed by atoms with Crippen LogP contribution in [-0.4, -0.2) is 55.7 Å². The summed E-state index contributed by atoms with van der Waals surface area (Å²) < 4.78 is 11.0. The molecule has 0 spiro atoms. The van der Waals surface area contributed by atoms with E-state index in [9.17, 15) is 4.79 Å². The molecule has 150 valence electrons. The molecule has 1 aromatic heterocycles. The van der Waals surface area contributed by atoms with Gasteiger partial charge in [0.05, 0.1) is 23.8 Å². The van der Waals surface area contributed by atoms with Crippen molar-refractivity contribution in [3.63, 3.8) is 0 Å². The van der Waals surface area contributed by atoms with Gasteiger partial charge in [-0.15, -0.1) is 0 Å². The lowest BCUT2D eigenvalue weighted by Crippen LogP contribution is -2.49. The Hall–Kier alpha value is -2.18. The van der Waals surface area contributed by atoms with E-state index < -0.39 is 0 Å². The summed E-state index contributed by atoms with van der Waals surface area (Å²) in [6.07, 6.45) is 2.48. The highest BCUT2D eigenvalue weighted by Gasteiger charge is 2.24. The van der Waals surface area contributed by atoms with Crippen molar-refractivity contribution in [2.75, 3.05) is 44.8 Å². The summed E-state index contributed by atoms with van der Waals surface area (Å²) in [5.41, 5.74) is 0.490. The number of ether oxygens (including phenoxy) is 2. The number of carbonyl (C=O) groups excluding carboxylic acids is 1. The molecule has 0 N–H and O–H groups in total. The normalized spacial score (nSPS) is 14.1. The second-order valence-corrected chi connectivity index (χ2v) is 7.30. The predicted molar refractivity (Wildman–Crippen MR) is 111 cm³/mol. The minimum Gasteiger partial charge on any atom is -0.493 e. The van der Waals surface area contributed by atoms with Gasteiger partial charge in [-0.2, -0.15) is 0 Å². The van der Waals surface area contributed by atoms with Gasteiger partial charge in [-0.25, -0.2) is 4.98 Å². The van der Waals surface area contributed by atoms with Crippen LogP contribution < -0.4 is 14.4 Å². The third-order valence-electron chi connectivity index (χ3n) is 4.53. The van der Waals surface area contributed by atoms with Gasteiger partial charge in [0.2, 0.25) is 0 Å². The number of carbonyl (C=O) groups is 1. The van der Waals surface area contributed by atoms with Crippen molar-refractivity contribution < 1.29 is 14.3 Å². The van der Waals surface area contributed by atoms with E-state index >= 15 is 0 Å². The average molecular weight is 424 g/mol. The van der Waals surface area contributed by atoms with E-state index in [0.717, 1.165) is 12.2 Å². The van der Waals surface area contributed by atoms with Crippen molar-refractivity contribution in [3.8, 4) is 11.5 Å². The molecule has 0 radical (unpaired) electrons. The molecule has 0 atom stereocenters. The molecule has 0 aliphatic carbocycles. The highest BCUT2D eigenvalue weighted by molar-refractivity contribution is 6.32. The molecule has 6 nitrogen and oxygen atoms in total. The fourth-order valence-electron chi connectivity index (χ4n) is 3.06. The van der Waals surface area contributed by atoms with Crippen LogP contribution in [0.15, 0.2) is 30.5 Å². The molecule has 0 unspecified atom stereocenters. The number of anilines is 1. The van der Waals surface area contributed by atoms with Crippen LogP contribution in [0.5, 0.6) is 11.5 Å². The fourth-order valence-corrected chi connectivity index (χ4v) is 3.44. The number of halogens is 2. The number of rotatable bonds is 6. The number of benzene rings is 1. The largest absolute Gasteiger partial charge is 0.493 e. The quantitative estimate of drug-likeness (QED) is 0.698. The van der Waals surface area contributed by atoms with Crippen molar-refractivity contribution >= 4 is 34.9 Å². The van der Waals surface area contributed by atoms with E-state index in [2.05, 4.69) is 9.88 Å². The summed E-state index contributed by atoms with van der Waals surface area (Å²) in [4.78, 5) is 21.2. The summed E-state index contributed by atoms with van der Waals surface area (Å²) in [6, 6.07) is 7.04. The van der Waals surface area contributed by atoms with Crippen molar-refractivity contribution in [1.82, 2.24) is 9.88 Å². The number of pyridine rings is 1. The zero-order chi connectivity index (χ0) is 20.1. The lowest BCUT2D eigenvalue weighted by Gasteiger charge is -2.35. The Bertz CT molecular complexity index is 822. The molecule has 0 saturated carbocycles. The van der Waals surface area contributed by atoms with Gasteiger partial charge in [-0.1, -0.05) is 30.1 Å². The highest BCUT2D eigenvalue weighted by atomic mass is 35.5. The molecule has 2 aromatic rings. The Labute approximate surface area is 175 Å². The molecular weight excluding hydrogens is 401 g/mol. The minimum atomic E-state index is -0.0778. The predicted octanol–water partition coefficient (Wildman–Crippen LogP) is 4.15. The van der Waals surface area contributed by atoms with Crippen LogP contribution in [0.25, 0.3) is 0 Å². The molecule has 1 fully saturated rings. The maximum atomic E-state index is 13.0. The summed E-state index contributed by atoms with van der Waals surface area (Å²) in [5, 5.41) is 0.981. The van der Waals surface area contributed by atoms with Gasteiger partial charge in [-0.3, -0.25) is 4.79 Å². The van der Waals surface area contributed by atoms with E-state index in [0.29, 0.717) is 59.9 Å². The molecule has 0 bridgehead atoms. The van der Waals surface area contributed by atoms with E-state index in [1.165, 1.54) is 7.11 Å². The van der Waals surface area contributed by atoms with Crippen molar-refractivity contribution in [3.05, 3.63) is 46.1 Å². The molecular formula is C20H23Cl2N3O3. The third kappa shape index (κ3) is 4.62. The van der Waals surface area contributed by atoms with Crippen LogP contribution in [0.3, 0.4) is 0 Å². The molecule has 2 heterocycles. The number of hydrogen-bond acceptors (Lipinski definition) is 5. The Morgan fingerprint density at radius 3 is 2.54 bits per heavy atom. The summed E-state index contributed by atoms with van der Waals surface area (Å²) in [6.45, 7) is 5.13. The minimum absolute atomic E-state index is 0.0778. The van der Waals surface area contributed by atoms with Gasteiger partial charge in [0.25, 0.3) is 5.91 Å². The first kappa shape index (κ1) is 20.6. The standard InChI is InChI=1S/C20H23Cl2N3O3/c1-3-10-28-19-16(22)11-14(12-17(19)27-2)20(26)25-8-6-24(7-9-25)18-5-4-15(21)13-23-18/h4-5,11-13H,3,6-10H2,1-2H3. The lowest BCUT2D eigenvalue weighted by atomic mass is 10.1. The Morgan fingerprint density at radius 1 is 1.18 bits per heavy atom.